The molecule has 0 radical (unpaired) electrons. The average molecular weight is 275 g/mol. The summed E-state index contributed by atoms with van der Waals surface area (Å²) in [6, 6.07) is 9.14. The third-order valence-corrected chi connectivity index (χ3v) is 5.02. The lowest BCUT2D eigenvalue weighted by Gasteiger charge is -2.48. The first-order valence-electron chi connectivity index (χ1n) is 7.77. The van der Waals surface area contributed by atoms with Crippen LogP contribution in [0.4, 0.5) is 0 Å². The lowest BCUT2D eigenvalue weighted by atomic mass is 9.73. The van der Waals surface area contributed by atoms with Crippen LogP contribution in [0.25, 0.3) is 0 Å². The van der Waals surface area contributed by atoms with Gasteiger partial charge >= 0.3 is 0 Å². The van der Waals surface area contributed by atoms with E-state index in [4.69, 9.17) is 5.84 Å². The highest BCUT2D eigenvalue weighted by molar-refractivity contribution is 5.23. The highest BCUT2D eigenvalue weighted by Crippen LogP contribution is 2.36. The van der Waals surface area contributed by atoms with Crippen molar-refractivity contribution in [2.45, 2.75) is 57.0 Å². The van der Waals surface area contributed by atoms with E-state index in [0.29, 0.717) is 6.04 Å². The number of nitrogens with one attached hydrogen (secondary N) is 1. The number of likely N-dealkylation sites (N-methyl/N-ethyl adjacent to an activating group) is 1. The molecule has 3 N–H and O–H groups in total. The van der Waals surface area contributed by atoms with E-state index < -0.39 is 0 Å². The van der Waals surface area contributed by atoms with E-state index in [1.54, 1.807) is 0 Å². The van der Waals surface area contributed by atoms with Gasteiger partial charge in [0, 0.05) is 11.6 Å². The number of hydrazine groups is 1. The molecule has 1 unspecified atom stereocenters. The molecule has 112 valence electrons. The molecule has 0 aromatic heterocycles. The van der Waals surface area contributed by atoms with Crippen molar-refractivity contribution < 1.29 is 0 Å². The standard InChI is InChI=1S/C17H29N3/c1-14-7-9-15(10-8-14)13-16(19-18)17(20(2)3)11-5-4-6-12-17/h7-10,16,19H,4-6,11-13,18H2,1-3H3. The van der Waals surface area contributed by atoms with Crippen molar-refractivity contribution in [2.24, 2.45) is 5.84 Å². The number of hydrogen-bond donors (Lipinski definition) is 2. The molecule has 20 heavy (non-hydrogen) atoms. The third kappa shape index (κ3) is 3.22. The van der Waals surface area contributed by atoms with Crippen molar-refractivity contribution in [2.75, 3.05) is 14.1 Å². The van der Waals surface area contributed by atoms with Gasteiger partial charge in [-0.3, -0.25) is 11.3 Å². The molecule has 3 heteroatoms. The molecule has 1 aliphatic carbocycles. The van der Waals surface area contributed by atoms with Gasteiger partial charge in [-0.05, 0) is 45.8 Å². The molecule has 1 atom stereocenters. The summed E-state index contributed by atoms with van der Waals surface area (Å²) < 4.78 is 0. The monoisotopic (exact) mass is 275 g/mol. The van der Waals surface area contributed by atoms with Crippen LogP contribution in [0.5, 0.6) is 0 Å². The van der Waals surface area contributed by atoms with E-state index in [1.165, 1.54) is 43.2 Å². The molecular formula is C17H29N3. The predicted octanol–water partition coefficient (Wildman–Crippen LogP) is 2.63. The maximum atomic E-state index is 5.93. The van der Waals surface area contributed by atoms with Crippen LogP contribution >= 0.6 is 0 Å². The Morgan fingerprint density at radius 3 is 2.25 bits per heavy atom. The van der Waals surface area contributed by atoms with Gasteiger partial charge in [0.05, 0.1) is 0 Å². The molecule has 1 aromatic rings. The maximum absolute atomic E-state index is 5.93. The van der Waals surface area contributed by atoms with Crippen LogP contribution in [0.2, 0.25) is 0 Å². The Morgan fingerprint density at radius 2 is 1.75 bits per heavy atom. The van der Waals surface area contributed by atoms with E-state index in [1.807, 2.05) is 0 Å². The van der Waals surface area contributed by atoms with Crippen LogP contribution < -0.4 is 11.3 Å². The van der Waals surface area contributed by atoms with Crippen molar-refractivity contribution in [1.82, 2.24) is 10.3 Å². The summed E-state index contributed by atoms with van der Waals surface area (Å²) in [6.45, 7) is 2.13. The quantitative estimate of drug-likeness (QED) is 0.641. The van der Waals surface area contributed by atoms with Gasteiger partial charge in [0.15, 0.2) is 0 Å². The first kappa shape index (κ1) is 15.5. The van der Waals surface area contributed by atoms with Crippen molar-refractivity contribution in [3.05, 3.63) is 35.4 Å². The molecule has 0 saturated heterocycles. The summed E-state index contributed by atoms with van der Waals surface area (Å²) >= 11 is 0. The summed E-state index contributed by atoms with van der Waals surface area (Å²) in [7, 11) is 4.40. The van der Waals surface area contributed by atoms with Crippen molar-refractivity contribution >= 4 is 0 Å². The van der Waals surface area contributed by atoms with Crippen LogP contribution in [0, 0.1) is 6.92 Å². The Kier molecular flexibility index (Phi) is 5.19. The summed E-state index contributed by atoms with van der Waals surface area (Å²) in [6.07, 6.45) is 7.45. The van der Waals surface area contributed by atoms with Crippen LogP contribution in [0.15, 0.2) is 24.3 Å². The van der Waals surface area contributed by atoms with E-state index in [9.17, 15) is 0 Å². The number of rotatable bonds is 5. The van der Waals surface area contributed by atoms with E-state index in [0.717, 1.165) is 6.42 Å². The van der Waals surface area contributed by atoms with Gasteiger partial charge < -0.3 is 4.90 Å². The van der Waals surface area contributed by atoms with E-state index in [2.05, 4.69) is 55.6 Å². The fourth-order valence-electron chi connectivity index (χ4n) is 3.64. The van der Waals surface area contributed by atoms with Gasteiger partial charge in [0.1, 0.15) is 0 Å². The van der Waals surface area contributed by atoms with Crippen molar-refractivity contribution in [3.63, 3.8) is 0 Å². The van der Waals surface area contributed by atoms with Crippen LogP contribution in [0.1, 0.15) is 43.2 Å². The SMILES string of the molecule is Cc1ccc(CC(NN)C2(N(C)C)CCCCC2)cc1. The smallest absolute Gasteiger partial charge is 0.0434 e. The predicted molar refractivity (Wildman–Crippen MR) is 85.5 cm³/mol. The lowest BCUT2D eigenvalue weighted by Crippen LogP contribution is -2.62. The summed E-state index contributed by atoms with van der Waals surface area (Å²) in [5.74, 6) is 5.93. The second-order valence-corrected chi connectivity index (χ2v) is 6.47. The van der Waals surface area contributed by atoms with Crippen LogP contribution in [-0.2, 0) is 6.42 Å². The molecule has 1 aliphatic rings. The third-order valence-electron chi connectivity index (χ3n) is 5.02. The first-order chi connectivity index (χ1) is 9.58. The first-order valence-corrected chi connectivity index (χ1v) is 7.77. The van der Waals surface area contributed by atoms with Crippen molar-refractivity contribution in [1.29, 1.82) is 0 Å². The van der Waals surface area contributed by atoms with Gasteiger partial charge in [-0.2, -0.15) is 0 Å². The Hall–Kier alpha value is -0.900. The highest BCUT2D eigenvalue weighted by atomic mass is 15.3. The average Bonchev–Trinajstić information content (AvgIpc) is 2.47. The number of nitrogens with two attached hydrogens (primary N) is 1. The van der Waals surface area contributed by atoms with E-state index in [-0.39, 0.29) is 5.54 Å². The normalized spacial score (nSPS) is 20.1. The minimum atomic E-state index is 0.192. The Labute approximate surface area is 123 Å². The molecule has 1 aromatic carbocycles. The van der Waals surface area contributed by atoms with Crippen molar-refractivity contribution in [3.8, 4) is 0 Å². The van der Waals surface area contributed by atoms with E-state index >= 15 is 0 Å². The van der Waals surface area contributed by atoms with Crippen LogP contribution in [0.3, 0.4) is 0 Å². The fraction of sp³-hybridized carbons (Fsp3) is 0.647. The minimum Gasteiger partial charge on any atom is -0.302 e. The molecule has 0 aliphatic heterocycles. The molecule has 1 saturated carbocycles. The highest BCUT2D eigenvalue weighted by Gasteiger charge is 2.41. The fourth-order valence-corrected chi connectivity index (χ4v) is 3.64. The zero-order chi connectivity index (χ0) is 14.6. The Balaban J connectivity index is 2.18. The molecule has 2 rings (SSSR count). The van der Waals surface area contributed by atoms with Gasteiger partial charge in [-0.15, -0.1) is 0 Å². The zero-order valence-corrected chi connectivity index (χ0v) is 13.2. The Morgan fingerprint density at radius 1 is 1.15 bits per heavy atom. The molecule has 0 amide bonds. The number of aryl methyl sites for hydroxylation is 1. The summed E-state index contributed by atoms with van der Waals surface area (Å²) in [4.78, 5) is 2.39. The molecular weight excluding hydrogens is 246 g/mol. The second-order valence-electron chi connectivity index (χ2n) is 6.47. The molecule has 0 heterocycles. The Bertz CT molecular complexity index is 405. The molecule has 1 fully saturated rings. The lowest BCUT2D eigenvalue weighted by molar-refractivity contribution is 0.0569. The summed E-state index contributed by atoms with van der Waals surface area (Å²) in [5, 5.41) is 0. The van der Waals surface area contributed by atoms with Gasteiger partial charge in [-0.25, -0.2) is 0 Å². The topological polar surface area (TPSA) is 41.3 Å². The second kappa shape index (κ2) is 6.70. The largest absolute Gasteiger partial charge is 0.302 e. The molecule has 0 bridgehead atoms. The number of nitrogens with zero attached hydrogens (tertiary/aromatic N) is 1. The molecule has 0 spiro atoms. The minimum absolute atomic E-state index is 0.192. The molecule has 3 nitrogen and oxygen atoms in total. The number of benzene rings is 1. The maximum Gasteiger partial charge on any atom is 0.0434 e. The van der Waals surface area contributed by atoms with Gasteiger partial charge in [0.2, 0.25) is 0 Å². The van der Waals surface area contributed by atoms with Gasteiger partial charge in [0.25, 0.3) is 0 Å². The van der Waals surface area contributed by atoms with Crippen LogP contribution in [-0.4, -0.2) is 30.6 Å². The number of hydrogen-bond acceptors (Lipinski definition) is 3. The van der Waals surface area contributed by atoms with Gasteiger partial charge in [-0.1, -0.05) is 49.1 Å². The zero-order valence-electron chi connectivity index (χ0n) is 13.2. The summed E-state index contributed by atoms with van der Waals surface area (Å²) in [5.41, 5.74) is 5.98.